The van der Waals surface area contributed by atoms with Gasteiger partial charge < -0.3 is 9.26 Å². The first-order chi connectivity index (χ1) is 11.0. The number of ketones is 1. The van der Waals surface area contributed by atoms with E-state index in [1.807, 2.05) is 18.2 Å². The molecule has 0 spiro atoms. The maximum absolute atomic E-state index is 12.5. The molecule has 0 saturated heterocycles. The monoisotopic (exact) mass is 313 g/mol. The van der Waals surface area contributed by atoms with E-state index in [1.165, 1.54) is 11.1 Å². The average Bonchev–Trinajstić information content (AvgIpc) is 3.11. The Morgan fingerprint density at radius 2 is 1.96 bits per heavy atom. The van der Waals surface area contributed by atoms with Crippen molar-refractivity contribution in [2.24, 2.45) is 0 Å². The van der Waals surface area contributed by atoms with Crippen molar-refractivity contribution in [2.45, 2.75) is 46.1 Å². The van der Waals surface area contributed by atoms with Crippen LogP contribution in [0.4, 0.5) is 0 Å². The largest absolute Gasteiger partial charge is 0.451 e. The summed E-state index contributed by atoms with van der Waals surface area (Å²) in [6.45, 7) is 4.90. The van der Waals surface area contributed by atoms with E-state index in [2.05, 4.69) is 5.16 Å². The second-order valence-electron chi connectivity index (χ2n) is 5.95. The third-order valence-electron chi connectivity index (χ3n) is 4.27. The molecule has 1 heterocycles. The molecule has 0 unspecified atom stereocenters. The summed E-state index contributed by atoms with van der Waals surface area (Å²) in [7, 11) is 0. The molecule has 0 aliphatic heterocycles. The first kappa shape index (κ1) is 15.5. The molecule has 1 atom stereocenters. The second kappa shape index (κ2) is 5.99. The Morgan fingerprint density at radius 3 is 2.65 bits per heavy atom. The number of fused-ring (bicyclic) bond motifs is 1. The lowest BCUT2D eigenvalue weighted by molar-refractivity contribution is 0.0316. The minimum Gasteiger partial charge on any atom is -0.451 e. The number of esters is 1. The predicted octanol–water partition coefficient (Wildman–Crippen LogP) is 3.21. The van der Waals surface area contributed by atoms with Crippen LogP contribution in [0.2, 0.25) is 0 Å². The van der Waals surface area contributed by atoms with Gasteiger partial charge >= 0.3 is 5.97 Å². The normalized spacial score (nSPS) is 14.4. The third kappa shape index (κ3) is 2.91. The van der Waals surface area contributed by atoms with Gasteiger partial charge in [-0.15, -0.1) is 0 Å². The highest BCUT2D eigenvalue weighted by atomic mass is 16.5. The van der Waals surface area contributed by atoms with Crippen LogP contribution in [-0.2, 0) is 17.6 Å². The fourth-order valence-electron chi connectivity index (χ4n) is 3.01. The number of benzene rings is 1. The van der Waals surface area contributed by atoms with Crippen LogP contribution in [0.25, 0.3) is 0 Å². The average molecular weight is 313 g/mol. The van der Waals surface area contributed by atoms with Crippen molar-refractivity contribution in [2.75, 3.05) is 0 Å². The first-order valence-electron chi connectivity index (χ1n) is 7.77. The highest BCUT2D eigenvalue weighted by Crippen LogP contribution is 2.24. The van der Waals surface area contributed by atoms with E-state index in [1.54, 1.807) is 20.8 Å². The Hall–Kier alpha value is -2.43. The van der Waals surface area contributed by atoms with Gasteiger partial charge in [-0.05, 0) is 57.2 Å². The minimum absolute atomic E-state index is 0.195. The molecule has 0 N–H and O–H groups in total. The van der Waals surface area contributed by atoms with Crippen LogP contribution in [-0.4, -0.2) is 23.0 Å². The zero-order valence-electron chi connectivity index (χ0n) is 13.5. The van der Waals surface area contributed by atoms with Gasteiger partial charge in [-0.1, -0.05) is 17.3 Å². The number of carbonyl (C=O) groups is 2. The number of hydrogen-bond donors (Lipinski definition) is 0. The molecule has 5 nitrogen and oxygen atoms in total. The van der Waals surface area contributed by atoms with Crippen LogP contribution < -0.4 is 0 Å². The molecule has 120 valence electrons. The summed E-state index contributed by atoms with van der Waals surface area (Å²) < 4.78 is 10.3. The molecule has 0 radical (unpaired) electrons. The van der Waals surface area contributed by atoms with E-state index in [4.69, 9.17) is 9.26 Å². The Morgan fingerprint density at radius 1 is 1.22 bits per heavy atom. The Balaban J connectivity index is 1.74. The minimum atomic E-state index is -0.851. The molecule has 0 bridgehead atoms. The van der Waals surface area contributed by atoms with Gasteiger partial charge in [-0.3, -0.25) is 4.79 Å². The van der Waals surface area contributed by atoms with E-state index in [0.717, 1.165) is 19.3 Å². The number of aryl methyl sites for hydroxylation is 4. The van der Waals surface area contributed by atoms with Crippen LogP contribution in [0.3, 0.4) is 0 Å². The van der Waals surface area contributed by atoms with Crippen molar-refractivity contribution in [1.29, 1.82) is 0 Å². The van der Waals surface area contributed by atoms with Crippen molar-refractivity contribution in [1.82, 2.24) is 5.16 Å². The van der Waals surface area contributed by atoms with Gasteiger partial charge in [0.05, 0.1) is 5.69 Å². The number of carbonyl (C=O) groups excluding carboxylic acids is 2. The topological polar surface area (TPSA) is 69.4 Å². The SMILES string of the molecule is Cc1noc(C)c1C(=O)O[C@H](C)C(=O)c1ccc2c(c1)CCC2. The van der Waals surface area contributed by atoms with Crippen LogP contribution in [0, 0.1) is 13.8 Å². The van der Waals surface area contributed by atoms with E-state index >= 15 is 0 Å². The number of rotatable bonds is 4. The summed E-state index contributed by atoms with van der Waals surface area (Å²) >= 11 is 0. The van der Waals surface area contributed by atoms with Gasteiger partial charge in [-0.25, -0.2) is 4.79 Å². The van der Waals surface area contributed by atoms with Crippen molar-refractivity contribution in [3.63, 3.8) is 0 Å². The number of Topliss-reactive ketones (excluding diaryl/α,β-unsaturated/α-hetero) is 1. The highest BCUT2D eigenvalue weighted by Gasteiger charge is 2.25. The molecule has 2 aromatic rings. The lowest BCUT2D eigenvalue weighted by Gasteiger charge is -2.13. The van der Waals surface area contributed by atoms with Gasteiger partial charge in [0.2, 0.25) is 5.78 Å². The Kier molecular flexibility index (Phi) is 4.03. The molecule has 0 amide bonds. The van der Waals surface area contributed by atoms with E-state index in [0.29, 0.717) is 22.6 Å². The maximum atomic E-state index is 12.5. The zero-order valence-corrected chi connectivity index (χ0v) is 13.5. The van der Waals surface area contributed by atoms with Crippen LogP contribution in [0.15, 0.2) is 22.7 Å². The molecule has 1 aliphatic rings. The number of aromatic nitrogens is 1. The Bertz CT molecular complexity index is 756. The summed E-state index contributed by atoms with van der Waals surface area (Å²) in [6, 6.07) is 5.73. The highest BCUT2D eigenvalue weighted by molar-refractivity contribution is 6.01. The summed E-state index contributed by atoms with van der Waals surface area (Å²) in [4.78, 5) is 24.7. The van der Waals surface area contributed by atoms with Gasteiger partial charge in [0.15, 0.2) is 6.10 Å². The molecule has 1 aromatic heterocycles. The van der Waals surface area contributed by atoms with Gasteiger partial charge in [0.1, 0.15) is 11.3 Å². The molecule has 23 heavy (non-hydrogen) atoms. The van der Waals surface area contributed by atoms with Crippen molar-refractivity contribution in [3.8, 4) is 0 Å². The smallest absolute Gasteiger partial charge is 0.344 e. The van der Waals surface area contributed by atoms with E-state index in [-0.39, 0.29) is 5.78 Å². The van der Waals surface area contributed by atoms with Crippen molar-refractivity contribution >= 4 is 11.8 Å². The molecule has 1 aromatic carbocycles. The molecular formula is C18H19NO4. The Labute approximate surface area is 134 Å². The molecule has 3 rings (SSSR count). The quantitative estimate of drug-likeness (QED) is 0.640. The first-order valence-corrected chi connectivity index (χ1v) is 7.77. The van der Waals surface area contributed by atoms with Crippen molar-refractivity contribution < 1.29 is 18.8 Å². The lowest BCUT2D eigenvalue weighted by atomic mass is 10.0. The van der Waals surface area contributed by atoms with Gasteiger partial charge in [0, 0.05) is 5.56 Å². The maximum Gasteiger partial charge on any atom is 0.344 e. The molecular weight excluding hydrogens is 294 g/mol. The van der Waals surface area contributed by atoms with Crippen LogP contribution in [0.5, 0.6) is 0 Å². The van der Waals surface area contributed by atoms with Crippen LogP contribution in [0.1, 0.15) is 56.6 Å². The van der Waals surface area contributed by atoms with Gasteiger partial charge in [-0.2, -0.15) is 0 Å². The van der Waals surface area contributed by atoms with Crippen molar-refractivity contribution in [3.05, 3.63) is 51.9 Å². The number of nitrogens with zero attached hydrogens (tertiary/aromatic N) is 1. The fraction of sp³-hybridized carbons (Fsp3) is 0.389. The summed E-state index contributed by atoms with van der Waals surface area (Å²) in [6.07, 6.45) is 2.35. The fourth-order valence-corrected chi connectivity index (χ4v) is 3.01. The number of hydrogen-bond acceptors (Lipinski definition) is 5. The summed E-state index contributed by atoms with van der Waals surface area (Å²) in [5, 5.41) is 3.73. The second-order valence-corrected chi connectivity index (χ2v) is 5.95. The molecule has 5 heteroatoms. The van der Waals surface area contributed by atoms with Crippen LogP contribution >= 0.6 is 0 Å². The van der Waals surface area contributed by atoms with E-state index in [9.17, 15) is 9.59 Å². The van der Waals surface area contributed by atoms with E-state index < -0.39 is 12.1 Å². The summed E-state index contributed by atoms with van der Waals surface area (Å²) in [5.74, 6) is -0.382. The summed E-state index contributed by atoms with van der Waals surface area (Å²) in [5.41, 5.74) is 3.87. The number of ether oxygens (including phenoxy) is 1. The molecule has 0 fully saturated rings. The zero-order chi connectivity index (χ0) is 16.6. The standard InChI is InChI=1S/C18H19NO4/c1-10-16(11(2)23-19-10)18(21)22-12(3)17(20)15-8-7-13-5-4-6-14(13)9-15/h7-9,12H,4-6H2,1-3H3/t12-/m1/s1. The predicted molar refractivity (Wildman–Crippen MR) is 83.7 cm³/mol. The van der Waals surface area contributed by atoms with Gasteiger partial charge in [0.25, 0.3) is 0 Å². The molecule has 0 saturated carbocycles. The third-order valence-corrected chi connectivity index (χ3v) is 4.27. The lowest BCUT2D eigenvalue weighted by Crippen LogP contribution is -2.25. The molecule has 1 aliphatic carbocycles.